The maximum Gasteiger partial charge on any atom is 0.00952 e. The smallest absolute Gasteiger partial charge is 0.00952 e. The van der Waals surface area contributed by atoms with Crippen molar-refractivity contribution in [2.75, 3.05) is 0 Å². The fourth-order valence-corrected chi connectivity index (χ4v) is 4.16. The first-order valence-corrected chi connectivity index (χ1v) is 8.59. The molecule has 2 rings (SSSR count). The van der Waals surface area contributed by atoms with Crippen molar-refractivity contribution in [3.8, 4) is 0 Å². The molecule has 2 aliphatic rings. The molecule has 0 aromatic heterocycles. The molecule has 1 atom stereocenters. The van der Waals surface area contributed by atoms with Crippen molar-refractivity contribution in [2.45, 2.75) is 96.6 Å². The van der Waals surface area contributed by atoms with Gasteiger partial charge in [-0.25, -0.2) is 0 Å². The van der Waals surface area contributed by atoms with Gasteiger partial charge in [0.15, 0.2) is 0 Å². The quantitative estimate of drug-likeness (QED) is 0.732. The summed E-state index contributed by atoms with van der Waals surface area (Å²) in [6.45, 7) is 4.74. The fraction of sp³-hybridized carbons (Fsp3) is 1.00. The molecule has 1 nitrogen and oxygen atoms in total. The van der Waals surface area contributed by atoms with Crippen LogP contribution in [-0.4, -0.2) is 12.1 Å². The van der Waals surface area contributed by atoms with Crippen molar-refractivity contribution in [2.24, 2.45) is 11.8 Å². The van der Waals surface area contributed by atoms with Gasteiger partial charge in [-0.2, -0.15) is 0 Å². The van der Waals surface area contributed by atoms with Crippen molar-refractivity contribution >= 4 is 0 Å². The third kappa shape index (κ3) is 3.98. The Labute approximate surface area is 114 Å². The highest BCUT2D eigenvalue weighted by Gasteiger charge is 2.26. The zero-order valence-corrected chi connectivity index (χ0v) is 12.6. The molecule has 0 heterocycles. The average molecular weight is 251 g/mol. The van der Waals surface area contributed by atoms with Crippen molar-refractivity contribution in [3.63, 3.8) is 0 Å². The highest BCUT2D eigenvalue weighted by atomic mass is 15.0. The van der Waals surface area contributed by atoms with Crippen LogP contribution in [0.1, 0.15) is 84.5 Å². The normalized spacial score (nSPS) is 32.3. The van der Waals surface area contributed by atoms with Gasteiger partial charge < -0.3 is 5.32 Å². The summed E-state index contributed by atoms with van der Waals surface area (Å²) in [6.07, 6.45) is 15.9. The van der Waals surface area contributed by atoms with Crippen LogP contribution in [0.15, 0.2) is 0 Å². The number of hydrogen-bond acceptors (Lipinski definition) is 1. The summed E-state index contributed by atoms with van der Waals surface area (Å²) in [7, 11) is 0. The molecule has 2 fully saturated rings. The summed E-state index contributed by atoms with van der Waals surface area (Å²) in [6, 6.07) is 1.65. The molecule has 0 saturated heterocycles. The molecule has 1 unspecified atom stereocenters. The summed E-state index contributed by atoms with van der Waals surface area (Å²) < 4.78 is 0. The van der Waals surface area contributed by atoms with E-state index in [4.69, 9.17) is 0 Å². The van der Waals surface area contributed by atoms with E-state index in [9.17, 15) is 0 Å². The molecule has 2 aliphatic carbocycles. The average Bonchev–Trinajstić information content (AvgIpc) is 2.46. The van der Waals surface area contributed by atoms with Crippen LogP contribution in [0.4, 0.5) is 0 Å². The van der Waals surface area contributed by atoms with Crippen LogP contribution in [0.3, 0.4) is 0 Å². The molecule has 0 aromatic carbocycles. The van der Waals surface area contributed by atoms with Gasteiger partial charge >= 0.3 is 0 Å². The molecule has 0 aromatic rings. The summed E-state index contributed by atoms with van der Waals surface area (Å²) in [5, 5.41) is 4.02. The molecule has 0 amide bonds. The first-order valence-electron chi connectivity index (χ1n) is 8.59. The molecule has 1 heteroatoms. The summed E-state index contributed by atoms with van der Waals surface area (Å²) in [4.78, 5) is 0. The Hall–Kier alpha value is -0.0400. The predicted octanol–water partition coefficient (Wildman–Crippen LogP) is 4.90. The number of rotatable bonds is 5. The standard InChI is InChI=1S/C17H33N/c1-3-14-10-12-16(13-11-14)18-17(4-2)15-8-6-5-7-9-15/h14-18H,3-13H2,1-2H3. The van der Waals surface area contributed by atoms with Crippen LogP contribution < -0.4 is 5.32 Å². The van der Waals surface area contributed by atoms with Crippen molar-refractivity contribution < 1.29 is 0 Å². The van der Waals surface area contributed by atoms with E-state index in [-0.39, 0.29) is 0 Å². The molecule has 0 radical (unpaired) electrons. The number of hydrogen-bond donors (Lipinski definition) is 1. The lowest BCUT2D eigenvalue weighted by molar-refractivity contribution is 0.209. The second-order valence-corrected chi connectivity index (χ2v) is 6.71. The molecule has 106 valence electrons. The van der Waals surface area contributed by atoms with Crippen LogP contribution in [0.2, 0.25) is 0 Å². The van der Waals surface area contributed by atoms with Gasteiger partial charge in [0.2, 0.25) is 0 Å². The minimum atomic E-state index is 0.813. The second-order valence-electron chi connectivity index (χ2n) is 6.71. The lowest BCUT2D eigenvalue weighted by atomic mass is 9.80. The maximum atomic E-state index is 4.02. The van der Waals surface area contributed by atoms with Gasteiger partial charge in [0.25, 0.3) is 0 Å². The van der Waals surface area contributed by atoms with E-state index in [1.165, 1.54) is 70.6 Å². The van der Waals surface area contributed by atoms with E-state index in [0.717, 1.165) is 23.9 Å². The minimum Gasteiger partial charge on any atom is -0.311 e. The first-order chi connectivity index (χ1) is 8.83. The van der Waals surface area contributed by atoms with E-state index in [1.54, 1.807) is 0 Å². The Morgan fingerprint density at radius 1 is 0.889 bits per heavy atom. The molecule has 0 aliphatic heterocycles. The third-order valence-electron chi connectivity index (χ3n) is 5.53. The van der Waals surface area contributed by atoms with Crippen LogP contribution in [0, 0.1) is 11.8 Å². The highest BCUT2D eigenvalue weighted by molar-refractivity contribution is 4.84. The molecular formula is C17H33N. The molecule has 1 N–H and O–H groups in total. The van der Waals surface area contributed by atoms with Gasteiger partial charge in [0.1, 0.15) is 0 Å². The Morgan fingerprint density at radius 2 is 1.56 bits per heavy atom. The van der Waals surface area contributed by atoms with Gasteiger partial charge in [-0.3, -0.25) is 0 Å². The largest absolute Gasteiger partial charge is 0.311 e. The van der Waals surface area contributed by atoms with Crippen LogP contribution >= 0.6 is 0 Å². The highest BCUT2D eigenvalue weighted by Crippen LogP contribution is 2.31. The monoisotopic (exact) mass is 251 g/mol. The minimum absolute atomic E-state index is 0.813. The summed E-state index contributed by atoms with van der Waals surface area (Å²) in [5.74, 6) is 2.01. The zero-order chi connectivity index (χ0) is 12.8. The molecular weight excluding hydrogens is 218 g/mol. The first kappa shape index (κ1) is 14.4. The van der Waals surface area contributed by atoms with Crippen molar-refractivity contribution in [3.05, 3.63) is 0 Å². The Balaban J connectivity index is 1.76. The van der Waals surface area contributed by atoms with Gasteiger partial charge in [0.05, 0.1) is 0 Å². The summed E-state index contributed by atoms with van der Waals surface area (Å²) in [5.41, 5.74) is 0. The number of nitrogens with one attached hydrogen (secondary N) is 1. The van der Waals surface area contributed by atoms with Crippen LogP contribution in [0.5, 0.6) is 0 Å². The Bertz CT molecular complexity index is 212. The lowest BCUT2D eigenvalue weighted by Crippen LogP contribution is -2.44. The van der Waals surface area contributed by atoms with Crippen molar-refractivity contribution in [1.29, 1.82) is 0 Å². The van der Waals surface area contributed by atoms with E-state index >= 15 is 0 Å². The maximum absolute atomic E-state index is 4.02. The summed E-state index contributed by atoms with van der Waals surface area (Å²) >= 11 is 0. The Kier molecular flexibility index (Phi) is 6.01. The van der Waals surface area contributed by atoms with E-state index in [2.05, 4.69) is 19.2 Å². The fourth-order valence-electron chi connectivity index (χ4n) is 4.16. The van der Waals surface area contributed by atoms with Crippen LogP contribution in [0.25, 0.3) is 0 Å². The Morgan fingerprint density at radius 3 is 2.11 bits per heavy atom. The van der Waals surface area contributed by atoms with Gasteiger partial charge in [-0.05, 0) is 56.8 Å². The topological polar surface area (TPSA) is 12.0 Å². The lowest BCUT2D eigenvalue weighted by Gasteiger charge is -2.36. The zero-order valence-electron chi connectivity index (χ0n) is 12.6. The van der Waals surface area contributed by atoms with E-state index in [0.29, 0.717) is 0 Å². The SMILES string of the molecule is CCC1CCC(NC(CC)C2CCCCC2)CC1. The van der Waals surface area contributed by atoms with Gasteiger partial charge in [-0.15, -0.1) is 0 Å². The van der Waals surface area contributed by atoms with Crippen molar-refractivity contribution in [1.82, 2.24) is 5.32 Å². The van der Waals surface area contributed by atoms with E-state index < -0.39 is 0 Å². The second kappa shape index (κ2) is 7.53. The molecule has 18 heavy (non-hydrogen) atoms. The van der Waals surface area contributed by atoms with Gasteiger partial charge in [-0.1, -0.05) is 39.5 Å². The third-order valence-corrected chi connectivity index (χ3v) is 5.53. The van der Waals surface area contributed by atoms with Crippen LogP contribution in [-0.2, 0) is 0 Å². The molecule has 2 saturated carbocycles. The van der Waals surface area contributed by atoms with Gasteiger partial charge in [0, 0.05) is 12.1 Å². The molecule has 0 spiro atoms. The predicted molar refractivity (Wildman–Crippen MR) is 79.8 cm³/mol. The molecule has 0 bridgehead atoms. The van der Waals surface area contributed by atoms with E-state index in [1.807, 2.05) is 0 Å².